The van der Waals surface area contributed by atoms with Crippen LogP contribution in [0.5, 0.6) is 0 Å². The van der Waals surface area contributed by atoms with Crippen LogP contribution < -0.4 is 10.6 Å². The molecule has 2 rings (SSSR count). The highest BCUT2D eigenvalue weighted by atomic mass is 16.6. The van der Waals surface area contributed by atoms with E-state index in [4.69, 9.17) is 0 Å². The van der Waals surface area contributed by atoms with Crippen molar-refractivity contribution in [3.63, 3.8) is 0 Å². The van der Waals surface area contributed by atoms with Crippen LogP contribution in [0.3, 0.4) is 0 Å². The van der Waals surface area contributed by atoms with Gasteiger partial charge in [0.15, 0.2) is 0 Å². The Morgan fingerprint density at radius 1 is 1.39 bits per heavy atom. The molecule has 1 aromatic rings. The molecular weight excluding hydrogens is 296 g/mol. The third-order valence-corrected chi connectivity index (χ3v) is 4.35. The number of likely N-dealkylation sites (tertiary alicyclic amines) is 1. The number of benzene rings is 1. The minimum atomic E-state index is -0.484. The number of nitro groups is 1. The fraction of sp³-hybridized carbons (Fsp3) is 0.562. The van der Waals surface area contributed by atoms with E-state index in [1.54, 1.807) is 19.2 Å². The van der Waals surface area contributed by atoms with Crippen LogP contribution in [-0.4, -0.2) is 48.5 Å². The van der Waals surface area contributed by atoms with Crippen molar-refractivity contribution in [2.45, 2.75) is 32.2 Å². The molecule has 1 heterocycles. The standard InChI is InChI=1S/C16H24N4O3/c1-3-13(19-8-4-5-9-19)11-18-16(21)12-6-7-14(17-2)15(10-12)20(22)23/h6-7,10,13,17H,3-5,8-9,11H2,1-2H3,(H,18,21). The molecule has 0 aromatic heterocycles. The highest BCUT2D eigenvalue weighted by Crippen LogP contribution is 2.25. The normalized spacial score (nSPS) is 16.1. The van der Waals surface area contributed by atoms with E-state index in [-0.39, 0.29) is 11.6 Å². The first-order chi connectivity index (χ1) is 11.1. The van der Waals surface area contributed by atoms with Gasteiger partial charge in [0.05, 0.1) is 4.92 Å². The lowest BCUT2D eigenvalue weighted by Gasteiger charge is -2.26. The zero-order valence-electron chi connectivity index (χ0n) is 13.7. The third kappa shape index (κ3) is 4.19. The average Bonchev–Trinajstić information content (AvgIpc) is 3.08. The molecule has 1 saturated heterocycles. The van der Waals surface area contributed by atoms with Crippen molar-refractivity contribution in [3.8, 4) is 0 Å². The second-order valence-electron chi connectivity index (χ2n) is 5.75. The summed E-state index contributed by atoms with van der Waals surface area (Å²) in [6.45, 7) is 4.84. The van der Waals surface area contributed by atoms with Crippen LogP contribution in [0.15, 0.2) is 18.2 Å². The lowest BCUT2D eigenvalue weighted by atomic mass is 10.1. The van der Waals surface area contributed by atoms with Crippen molar-refractivity contribution in [2.24, 2.45) is 0 Å². The number of hydrogen-bond acceptors (Lipinski definition) is 5. The number of carbonyl (C=O) groups is 1. The van der Waals surface area contributed by atoms with Gasteiger partial charge in [-0.2, -0.15) is 0 Å². The predicted molar refractivity (Wildman–Crippen MR) is 89.9 cm³/mol. The SMILES string of the molecule is CCC(CNC(=O)c1ccc(NC)c([N+](=O)[O-])c1)N1CCCC1. The van der Waals surface area contributed by atoms with Gasteiger partial charge in [-0.05, 0) is 44.5 Å². The van der Waals surface area contributed by atoms with Gasteiger partial charge in [-0.15, -0.1) is 0 Å². The molecular formula is C16H24N4O3. The second-order valence-corrected chi connectivity index (χ2v) is 5.75. The van der Waals surface area contributed by atoms with E-state index in [9.17, 15) is 14.9 Å². The maximum atomic E-state index is 12.3. The summed E-state index contributed by atoms with van der Waals surface area (Å²) >= 11 is 0. The smallest absolute Gasteiger partial charge is 0.293 e. The number of nitrogens with one attached hydrogen (secondary N) is 2. The Morgan fingerprint density at radius 3 is 2.65 bits per heavy atom. The third-order valence-electron chi connectivity index (χ3n) is 4.35. The summed E-state index contributed by atoms with van der Waals surface area (Å²) in [5.74, 6) is -0.270. The molecule has 1 aliphatic rings. The first kappa shape index (κ1) is 17.2. The Morgan fingerprint density at radius 2 is 2.09 bits per heavy atom. The fourth-order valence-corrected chi connectivity index (χ4v) is 2.99. The van der Waals surface area contributed by atoms with Crippen molar-refractivity contribution in [2.75, 3.05) is 32.0 Å². The molecule has 7 heteroatoms. The molecule has 0 radical (unpaired) electrons. The molecule has 1 aliphatic heterocycles. The van der Waals surface area contributed by atoms with Crippen LogP contribution in [-0.2, 0) is 0 Å². The van der Waals surface area contributed by atoms with Gasteiger partial charge in [0.1, 0.15) is 5.69 Å². The number of carbonyl (C=O) groups excluding carboxylic acids is 1. The molecule has 0 bridgehead atoms. The van der Waals surface area contributed by atoms with Crippen LogP contribution in [0, 0.1) is 10.1 Å². The van der Waals surface area contributed by atoms with Gasteiger partial charge >= 0.3 is 0 Å². The molecule has 23 heavy (non-hydrogen) atoms. The number of nitro benzene ring substituents is 1. The Balaban J connectivity index is 2.02. The Labute approximate surface area is 136 Å². The van der Waals surface area contributed by atoms with Crippen LogP contribution in [0.25, 0.3) is 0 Å². The number of anilines is 1. The van der Waals surface area contributed by atoms with E-state index in [0.717, 1.165) is 19.5 Å². The van der Waals surface area contributed by atoms with Crippen LogP contribution in [0.4, 0.5) is 11.4 Å². The van der Waals surface area contributed by atoms with E-state index in [0.29, 0.717) is 23.8 Å². The van der Waals surface area contributed by atoms with Crippen LogP contribution >= 0.6 is 0 Å². The van der Waals surface area contributed by atoms with Crippen molar-refractivity contribution >= 4 is 17.3 Å². The maximum absolute atomic E-state index is 12.3. The zero-order valence-corrected chi connectivity index (χ0v) is 13.7. The molecule has 2 N–H and O–H groups in total. The van der Waals surface area contributed by atoms with Gasteiger partial charge in [0, 0.05) is 31.3 Å². The number of amides is 1. The lowest BCUT2D eigenvalue weighted by Crippen LogP contribution is -2.42. The van der Waals surface area contributed by atoms with Gasteiger partial charge in [0.25, 0.3) is 11.6 Å². The fourth-order valence-electron chi connectivity index (χ4n) is 2.99. The van der Waals surface area contributed by atoms with Crippen molar-refractivity contribution in [1.29, 1.82) is 0 Å². The summed E-state index contributed by atoms with van der Waals surface area (Å²) in [6.07, 6.45) is 3.39. The summed E-state index contributed by atoms with van der Waals surface area (Å²) in [5, 5.41) is 16.7. The van der Waals surface area contributed by atoms with Crippen LogP contribution in [0.1, 0.15) is 36.5 Å². The summed E-state index contributed by atoms with van der Waals surface area (Å²) in [6, 6.07) is 4.81. The molecule has 1 fully saturated rings. The molecule has 0 saturated carbocycles. The highest BCUT2D eigenvalue weighted by Gasteiger charge is 2.22. The summed E-state index contributed by atoms with van der Waals surface area (Å²) < 4.78 is 0. The van der Waals surface area contributed by atoms with E-state index < -0.39 is 4.92 Å². The van der Waals surface area contributed by atoms with Gasteiger partial charge < -0.3 is 10.6 Å². The van der Waals surface area contributed by atoms with E-state index in [1.165, 1.54) is 18.9 Å². The summed E-state index contributed by atoms with van der Waals surface area (Å²) in [4.78, 5) is 25.3. The van der Waals surface area contributed by atoms with Crippen molar-refractivity contribution in [1.82, 2.24) is 10.2 Å². The van der Waals surface area contributed by atoms with E-state index in [2.05, 4.69) is 22.5 Å². The van der Waals surface area contributed by atoms with Crippen molar-refractivity contribution < 1.29 is 9.72 Å². The van der Waals surface area contributed by atoms with Crippen molar-refractivity contribution in [3.05, 3.63) is 33.9 Å². The molecule has 1 aromatic carbocycles. The average molecular weight is 320 g/mol. The zero-order chi connectivity index (χ0) is 16.8. The molecule has 126 valence electrons. The second kappa shape index (κ2) is 7.92. The molecule has 7 nitrogen and oxygen atoms in total. The topological polar surface area (TPSA) is 87.5 Å². The van der Waals surface area contributed by atoms with E-state index >= 15 is 0 Å². The van der Waals surface area contributed by atoms with E-state index in [1.807, 2.05) is 0 Å². The number of nitrogens with zero attached hydrogens (tertiary/aromatic N) is 2. The van der Waals surface area contributed by atoms with Gasteiger partial charge in [0.2, 0.25) is 0 Å². The van der Waals surface area contributed by atoms with Gasteiger partial charge in [-0.1, -0.05) is 6.92 Å². The van der Waals surface area contributed by atoms with Gasteiger partial charge in [-0.25, -0.2) is 0 Å². The Kier molecular flexibility index (Phi) is 5.92. The lowest BCUT2D eigenvalue weighted by molar-refractivity contribution is -0.384. The number of hydrogen-bond donors (Lipinski definition) is 2. The first-order valence-electron chi connectivity index (χ1n) is 8.05. The Bertz CT molecular complexity index is 570. The molecule has 1 amide bonds. The Hall–Kier alpha value is -2.15. The minimum Gasteiger partial charge on any atom is -0.383 e. The maximum Gasteiger partial charge on any atom is 0.293 e. The highest BCUT2D eigenvalue weighted by molar-refractivity contribution is 5.95. The first-order valence-corrected chi connectivity index (χ1v) is 8.05. The summed E-state index contributed by atoms with van der Waals surface area (Å²) in [7, 11) is 1.62. The number of rotatable bonds is 7. The largest absolute Gasteiger partial charge is 0.383 e. The van der Waals surface area contributed by atoms with Gasteiger partial charge in [-0.3, -0.25) is 19.8 Å². The quantitative estimate of drug-likeness (QED) is 0.594. The summed E-state index contributed by atoms with van der Waals surface area (Å²) in [5.41, 5.74) is 0.619. The molecule has 0 spiro atoms. The molecule has 1 atom stereocenters. The monoisotopic (exact) mass is 320 g/mol. The minimum absolute atomic E-state index is 0.0910. The molecule has 0 aliphatic carbocycles. The van der Waals surface area contributed by atoms with Crippen LogP contribution in [0.2, 0.25) is 0 Å². The molecule has 1 unspecified atom stereocenters. The predicted octanol–water partition coefficient (Wildman–Crippen LogP) is 2.24.